The topological polar surface area (TPSA) is 110 Å². The number of benzene rings is 3. The summed E-state index contributed by atoms with van der Waals surface area (Å²) in [6.07, 6.45) is 2.48. The first-order valence-electron chi connectivity index (χ1n) is 11.8. The fourth-order valence-electron chi connectivity index (χ4n) is 4.29. The van der Waals surface area contributed by atoms with E-state index in [4.69, 9.17) is 19.1 Å². The number of oxime groups is 1. The van der Waals surface area contributed by atoms with Crippen molar-refractivity contribution in [1.29, 1.82) is 0 Å². The van der Waals surface area contributed by atoms with E-state index < -0.39 is 29.6 Å². The Balaban J connectivity index is 1.27. The monoisotopic (exact) mass is 520 g/mol. The van der Waals surface area contributed by atoms with Gasteiger partial charge in [0.1, 0.15) is 36.0 Å². The highest BCUT2D eigenvalue weighted by molar-refractivity contribution is 5.98. The summed E-state index contributed by atoms with van der Waals surface area (Å²) in [5, 5.41) is 14.5. The Morgan fingerprint density at radius 3 is 2.68 bits per heavy atom. The molecule has 1 saturated heterocycles. The molecule has 1 aromatic heterocycles. The zero-order valence-corrected chi connectivity index (χ0v) is 19.9. The summed E-state index contributed by atoms with van der Waals surface area (Å²) in [5.41, 5.74) is 1.90. The zero-order chi connectivity index (χ0) is 26.6. The first-order chi connectivity index (χ1) is 18.4. The Labute approximate surface area is 215 Å². The number of carbonyl (C=O) groups is 2. The van der Waals surface area contributed by atoms with E-state index in [2.05, 4.69) is 10.5 Å². The van der Waals surface area contributed by atoms with Crippen LogP contribution in [0.25, 0.3) is 22.1 Å². The number of nitrogens with one attached hydrogen (secondary N) is 1. The highest BCUT2D eigenvalue weighted by Gasteiger charge is 2.26. The van der Waals surface area contributed by atoms with Crippen LogP contribution in [0.15, 0.2) is 70.2 Å². The maximum absolute atomic E-state index is 14.3. The van der Waals surface area contributed by atoms with Crippen LogP contribution in [0.2, 0.25) is 0 Å². The molecular formula is C28H22F2N2O6. The molecule has 0 aliphatic carbocycles. The number of carbonyl (C=O) groups excluding carboxylic acids is 2. The fourth-order valence-corrected chi connectivity index (χ4v) is 4.29. The third-order valence-electron chi connectivity index (χ3n) is 6.17. The van der Waals surface area contributed by atoms with Crippen molar-refractivity contribution >= 4 is 29.1 Å². The molecule has 1 atom stereocenters. The molecule has 1 aliphatic rings. The van der Waals surface area contributed by atoms with Crippen LogP contribution in [0.5, 0.6) is 5.75 Å². The Bertz CT molecular complexity index is 1520. The number of halogens is 2. The number of nitrogens with zero attached hydrogens (tertiary/aromatic N) is 1. The van der Waals surface area contributed by atoms with Gasteiger partial charge in [0.2, 0.25) is 0 Å². The molecular weight excluding hydrogens is 498 g/mol. The third-order valence-corrected chi connectivity index (χ3v) is 6.17. The van der Waals surface area contributed by atoms with Crippen molar-refractivity contribution in [2.24, 2.45) is 5.16 Å². The fraction of sp³-hybridized carbons (Fsp3) is 0.179. The number of ether oxygens (including phenoxy) is 2. The van der Waals surface area contributed by atoms with E-state index in [1.807, 2.05) is 0 Å². The van der Waals surface area contributed by atoms with Crippen LogP contribution in [0.3, 0.4) is 0 Å². The second kappa shape index (κ2) is 10.8. The Morgan fingerprint density at radius 2 is 1.95 bits per heavy atom. The van der Waals surface area contributed by atoms with Crippen molar-refractivity contribution in [2.45, 2.75) is 25.5 Å². The van der Waals surface area contributed by atoms with E-state index in [1.54, 1.807) is 48.5 Å². The van der Waals surface area contributed by atoms with Gasteiger partial charge in [0, 0.05) is 5.56 Å². The molecule has 194 valence electrons. The van der Waals surface area contributed by atoms with E-state index in [-0.39, 0.29) is 28.9 Å². The van der Waals surface area contributed by atoms with Crippen molar-refractivity contribution < 1.29 is 37.5 Å². The maximum Gasteiger partial charge on any atom is 0.345 e. The van der Waals surface area contributed by atoms with E-state index in [0.717, 1.165) is 25.2 Å². The molecule has 8 nitrogen and oxygen atoms in total. The van der Waals surface area contributed by atoms with Gasteiger partial charge in [0.25, 0.3) is 0 Å². The summed E-state index contributed by atoms with van der Waals surface area (Å²) in [6.45, 7) is 0.854. The van der Waals surface area contributed by atoms with Crippen LogP contribution < -0.4 is 10.1 Å². The Morgan fingerprint density at radius 1 is 1.13 bits per heavy atom. The molecule has 0 unspecified atom stereocenters. The summed E-state index contributed by atoms with van der Waals surface area (Å²) in [6, 6.07) is 15.1. The second-order valence-electron chi connectivity index (χ2n) is 8.73. The summed E-state index contributed by atoms with van der Waals surface area (Å²) in [7, 11) is 0. The average molecular weight is 520 g/mol. The highest BCUT2D eigenvalue weighted by Crippen LogP contribution is 2.34. The van der Waals surface area contributed by atoms with Gasteiger partial charge in [0.05, 0.1) is 10.9 Å². The van der Waals surface area contributed by atoms with Crippen LogP contribution in [-0.2, 0) is 16.1 Å². The second-order valence-corrected chi connectivity index (χ2v) is 8.73. The van der Waals surface area contributed by atoms with E-state index in [9.17, 15) is 18.4 Å². The summed E-state index contributed by atoms with van der Waals surface area (Å²) < 4.78 is 44.9. The lowest BCUT2D eigenvalue weighted by Gasteiger charge is -2.10. The predicted octanol–water partition coefficient (Wildman–Crippen LogP) is 5.20. The normalized spacial score (nSPS) is 15.3. The zero-order valence-electron chi connectivity index (χ0n) is 19.9. The van der Waals surface area contributed by atoms with Gasteiger partial charge in [-0.1, -0.05) is 29.4 Å². The number of rotatable bonds is 7. The van der Waals surface area contributed by atoms with Crippen LogP contribution in [0.4, 0.5) is 8.78 Å². The van der Waals surface area contributed by atoms with Gasteiger partial charge in [-0.3, -0.25) is 0 Å². The molecule has 0 saturated carbocycles. The summed E-state index contributed by atoms with van der Waals surface area (Å²) in [4.78, 5) is 24.5. The number of furan rings is 1. The minimum absolute atomic E-state index is 0.0684. The van der Waals surface area contributed by atoms with E-state index in [0.29, 0.717) is 28.9 Å². The smallest absolute Gasteiger partial charge is 0.345 e. The Kier molecular flexibility index (Phi) is 7.14. The summed E-state index contributed by atoms with van der Waals surface area (Å²) in [5.74, 6) is -2.84. The van der Waals surface area contributed by atoms with Gasteiger partial charge in [0.15, 0.2) is 11.6 Å². The predicted molar refractivity (Wildman–Crippen MR) is 133 cm³/mol. The molecule has 1 fully saturated rings. The van der Waals surface area contributed by atoms with Crippen molar-refractivity contribution in [1.82, 2.24) is 5.32 Å². The minimum atomic E-state index is -1.06. The highest BCUT2D eigenvalue weighted by atomic mass is 19.2. The Hall–Kier alpha value is -4.57. The van der Waals surface area contributed by atoms with E-state index in [1.165, 1.54) is 6.07 Å². The largest absolute Gasteiger partial charge is 0.489 e. The number of hydrogen-bond acceptors (Lipinski definition) is 8. The molecule has 0 radical (unpaired) electrons. The molecule has 3 aromatic carbocycles. The lowest BCUT2D eigenvalue weighted by Crippen LogP contribution is -2.33. The molecule has 1 aliphatic heterocycles. The SMILES string of the molecule is O=C(OC(=O)[C@@H]1CCCN1)c1cccc(COc2ccc(-c3cc(F)c(F)c4cc(C=NO)oc34)cc2)c1. The molecule has 0 bridgehead atoms. The average Bonchev–Trinajstić information content (AvgIpc) is 3.61. The quantitative estimate of drug-likeness (QED) is 0.113. The molecule has 5 rings (SSSR count). The van der Waals surface area contributed by atoms with Crippen LogP contribution in [-0.4, -0.2) is 35.9 Å². The molecule has 10 heteroatoms. The maximum atomic E-state index is 14.3. The lowest BCUT2D eigenvalue weighted by molar-refractivity contribution is -0.139. The summed E-state index contributed by atoms with van der Waals surface area (Å²) >= 11 is 0. The number of fused-ring (bicyclic) bond motifs is 1. The van der Waals surface area contributed by atoms with Gasteiger partial charge in [-0.25, -0.2) is 18.4 Å². The standard InChI is InChI=1S/C28H22F2N2O6/c29-23-13-21(26-22(25(23)30)12-20(37-26)14-32-35)17-6-8-19(9-7-17)36-15-16-3-1-4-18(11-16)27(33)38-28(34)24-5-2-10-31-24/h1,3-4,6-9,11-14,24,31,35H,2,5,10,15H2/t24-/m0/s1. The molecule has 2 heterocycles. The minimum Gasteiger partial charge on any atom is -0.489 e. The van der Waals surface area contributed by atoms with Crippen molar-refractivity contribution in [3.8, 4) is 16.9 Å². The van der Waals surface area contributed by atoms with Gasteiger partial charge in [-0.2, -0.15) is 0 Å². The first-order valence-corrected chi connectivity index (χ1v) is 11.8. The lowest BCUT2D eigenvalue weighted by atomic mass is 10.0. The molecule has 2 N–H and O–H groups in total. The van der Waals surface area contributed by atoms with Crippen molar-refractivity contribution in [3.63, 3.8) is 0 Å². The molecule has 38 heavy (non-hydrogen) atoms. The first kappa shape index (κ1) is 25.1. The van der Waals surface area contributed by atoms with Gasteiger partial charge >= 0.3 is 11.9 Å². The number of esters is 2. The van der Waals surface area contributed by atoms with Crippen LogP contribution in [0.1, 0.15) is 34.5 Å². The molecule has 0 amide bonds. The van der Waals surface area contributed by atoms with Gasteiger partial charge in [-0.15, -0.1) is 0 Å². The van der Waals surface area contributed by atoms with E-state index >= 15 is 0 Å². The number of hydrogen-bond donors (Lipinski definition) is 2. The third kappa shape index (κ3) is 5.25. The van der Waals surface area contributed by atoms with Crippen molar-refractivity contribution in [2.75, 3.05) is 6.54 Å². The molecule has 4 aromatic rings. The van der Waals surface area contributed by atoms with Crippen molar-refractivity contribution in [3.05, 3.63) is 89.2 Å². The van der Waals surface area contributed by atoms with Crippen LogP contribution in [0, 0.1) is 11.6 Å². The molecule has 0 spiro atoms. The van der Waals surface area contributed by atoms with Gasteiger partial charge < -0.3 is 24.4 Å². The van der Waals surface area contributed by atoms with Gasteiger partial charge in [-0.05, 0) is 66.9 Å². The van der Waals surface area contributed by atoms with Crippen LogP contribution >= 0.6 is 0 Å².